The van der Waals surface area contributed by atoms with E-state index >= 15 is 0 Å². The number of nitrogens with two attached hydrogens (primary N) is 1. The molecule has 1 aromatic heterocycles. The molecule has 0 spiro atoms. The lowest BCUT2D eigenvalue weighted by atomic mass is 10.2. The van der Waals surface area contributed by atoms with E-state index in [1.165, 1.54) is 12.8 Å². The van der Waals surface area contributed by atoms with E-state index in [9.17, 15) is 0 Å². The fourth-order valence-electron chi connectivity index (χ4n) is 2.44. The quantitative estimate of drug-likeness (QED) is 0.685. The predicted octanol–water partition coefficient (Wildman–Crippen LogP) is 2.94. The van der Waals surface area contributed by atoms with Gasteiger partial charge in [-0.2, -0.15) is 0 Å². The molecule has 0 radical (unpaired) electrons. The van der Waals surface area contributed by atoms with Crippen molar-refractivity contribution >= 4 is 0 Å². The number of para-hydroxylation sites is 1. The third-order valence-corrected chi connectivity index (χ3v) is 3.65. The second-order valence-corrected chi connectivity index (χ2v) is 5.38. The van der Waals surface area contributed by atoms with Crippen LogP contribution in [0.5, 0.6) is 5.75 Å². The van der Waals surface area contributed by atoms with Gasteiger partial charge in [0.1, 0.15) is 5.75 Å². The van der Waals surface area contributed by atoms with Crippen LogP contribution in [-0.4, -0.2) is 21.6 Å². The first-order chi connectivity index (χ1) is 10.8. The Labute approximate surface area is 132 Å². The van der Waals surface area contributed by atoms with Gasteiger partial charge in [0.05, 0.1) is 18.0 Å². The van der Waals surface area contributed by atoms with Crippen LogP contribution in [0.4, 0.5) is 0 Å². The lowest BCUT2D eigenvalue weighted by Crippen LogP contribution is -2.10. The summed E-state index contributed by atoms with van der Waals surface area (Å²) in [6.07, 6.45) is 5.39. The summed E-state index contributed by atoms with van der Waals surface area (Å²) < 4.78 is 7.75. The summed E-state index contributed by atoms with van der Waals surface area (Å²) in [6.45, 7) is 4.26. The van der Waals surface area contributed by atoms with Crippen LogP contribution in [-0.2, 0) is 19.5 Å². The van der Waals surface area contributed by atoms with E-state index in [0.29, 0.717) is 13.2 Å². The first-order valence-electron chi connectivity index (χ1n) is 8.14. The van der Waals surface area contributed by atoms with Gasteiger partial charge < -0.3 is 10.5 Å². The number of hydrogen-bond donors (Lipinski definition) is 1. The van der Waals surface area contributed by atoms with Gasteiger partial charge in [0.2, 0.25) is 0 Å². The molecule has 0 aliphatic heterocycles. The zero-order valence-corrected chi connectivity index (χ0v) is 13.4. The van der Waals surface area contributed by atoms with Crippen LogP contribution in [0.1, 0.15) is 44.0 Å². The average Bonchev–Trinajstić information content (AvgIpc) is 2.95. The van der Waals surface area contributed by atoms with Gasteiger partial charge in [0.15, 0.2) is 0 Å². The molecular formula is C17H26N4O. The van der Waals surface area contributed by atoms with Gasteiger partial charge in [-0.3, -0.25) is 0 Å². The first-order valence-corrected chi connectivity index (χ1v) is 8.14. The number of hydrogen-bond acceptors (Lipinski definition) is 4. The van der Waals surface area contributed by atoms with Crippen molar-refractivity contribution in [3.05, 3.63) is 41.7 Å². The lowest BCUT2D eigenvalue weighted by Gasteiger charge is -2.09. The Bertz CT molecular complexity index is 539. The zero-order chi connectivity index (χ0) is 15.6. The largest absolute Gasteiger partial charge is 0.494 e. The SMILES string of the molecule is CCCCCn1nnc(CN)c1CCCOc1ccccc1. The molecule has 0 atom stereocenters. The molecule has 0 bridgehead atoms. The normalized spacial score (nSPS) is 10.8. The van der Waals surface area contributed by atoms with Gasteiger partial charge >= 0.3 is 0 Å². The number of nitrogens with zero attached hydrogens (tertiary/aromatic N) is 3. The molecule has 0 unspecified atom stereocenters. The summed E-state index contributed by atoms with van der Waals surface area (Å²) in [5.74, 6) is 0.913. The molecule has 1 aromatic carbocycles. The Morgan fingerprint density at radius 2 is 1.95 bits per heavy atom. The number of ether oxygens (including phenoxy) is 1. The second-order valence-electron chi connectivity index (χ2n) is 5.38. The van der Waals surface area contributed by atoms with Crippen LogP contribution in [0.15, 0.2) is 30.3 Å². The summed E-state index contributed by atoms with van der Waals surface area (Å²) >= 11 is 0. The summed E-state index contributed by atoms with van der Waals surface area (Å²) in [5, 5.41) is 8.44. The first kappa shape index (κ1) is 16.5. The molecule has 2 N–H and O–H groups in total. The van der Waals surface area contributed by atoms with Crippen LogP contribution in [0, 0.1) is 0 Å². The molecule has 5 nitrogen and oxygen atoms in total. The van der Waals surface area contributed by atoms with Crippen molar-refractivity contribution in [2.75, 3.05) is 6.61 Å². The molecule has 0 aliphatic carbocycles. The third-order valence-electron chi connectivity index (χ3n) is 3.65. The maximum Gasteiger partial charge on any atom is 0.119 e. The minimum Gasteiger partial charge on any atom is -0.494 e. The summed E-state index contributed by atoms with van der Waals surface area (Å²) in [7, 11) is 0. The van der Waals surface area contributed by atoms with E-state index in [1.54, 1.807) is 0 Å². The molecule has 2 aromatic rings. The molecule has 0 aliphatic rings. The number of rotatable bonds is 10. The highest BCUT2D eigenvalue weighted by atomic mass is 16.5. The van der Waals surface area contributed by atoms with E-state index in [0.717, 1.165) is 42.9 Å². The standard InChI is InChI=1S/C17H26N4O/c1-2-3-7-12-21-17(16(14-18)19-20-21)11-8-13-22-15-9-5-4-6-10-15/h4-6,9-10H,2-3,7-8,11-14,18H2,1H3. The maximum absolute atomic E-state index is 5.77. The summed E-state index contributed by atoms with van der Waals surface area (Å²) in [5.41, 5.74) is 7.84. The van der Waals surface area contributed by atoms with E-state index in [4.69, 9.17) is 10.5 Å². The number of unbranched alkanes of at least 4 members (excludes halogenated alkanes) is 2. The van der Waals surface area contributed by atoms with Crippen LogP contribution < -0.4 is 10.5 Å². The van der Waals surface area contributed by atoms with Gasteiger partial charge in [-0.1, -0.05) is 43.2 Å². The number of aryl methyl sites for hydroxylation is 1. The number of aromatic nitrogens is 3. The van der Waals surface area contributed by atoms with Crippen molar-refractivity contribution in [1.29, 1.82) is 0 Å². The van der Waals surface area contributed by atoms with Gasteiger partial charge in [-0.05, 0) is 31.4 Å². The van der Waals surface area contributed by atoms with Crippen molar-refractivity contribution in [3.8, 4) is 5.75 Å². The predicted molar refractivity (Wildman–Crippen MR) is 87.7 cm³/mol. The van der Waals surface area contributed by atoms with Gasteiger partial charge in [-0.25, -0.2) is 4.68 Å². The highest BCUT2D eigenvalue weighted by Gasteiger charge is 2.11. The molecular weight excluding hydrogens is 276 g/mol. The second kappa shape index (κ2) is 9.20. The Morgan fingerprint density at radius 3 is 2.68 bits per heavy atom. The Hall–Kier alpha value is -1.88. The van der Waals surface area contributed by atoms with Gasteiger partial charge in [-0.15, -0.1) is 5.10 Å². The minimum absolute atomic E-state index is 0.447. The number of benzene rings is 1. The van der Waals surface area contributed by atoms with Crippen molar-refractivity contribution < 1.29 is 4.74 Å². The van der Waals surface area contributed by atoms with E-state index in [1.807, 2.05) is 35.0 Å². The molecule has 0 fully saturated rings. The van der Waals surface area contributed by atoms with E-state index in [-0.39, 0.29) is 0 Å². The van der Waals surface area contributed by atoms with Crippen molar-refractivity contribution in [1.82, 2.24) is 15.0 Å². The molecule has 120 valence electrons. The molecule has 22 heavy (non-hydrogen) atoms. The van der Waals surface area contributed by atoms with Crippen LogP contribution in [0.2, 0.25) is 0 Å². The Balaban J connectivity index is 1.83. The van der Waals surface area contributed by atoms with Crippen molar-refractivity contribution in [3.63, 3.8) is 0 Å². The van der Waals surface area contributed by atoms with Gasteiger partial charge in [0.25, 0.3) is 0 Å². The molecule has 0 saturated heterocycles. The molecule has 0 amide bonds. The van der Waals surface area contributed by atoms with Crippen molar-refractivity contribution in [2.45, 2.75) is 52.1 Å². The van der Waals surface area contributed by atoms with Gasteiger partial charge in [0, 0.05) is 13.1 Å². The fraction of sp³-hybridized carbons (Fsp3) is 0.529. The van der Waals surface area contributed by atoms with E-state index in [2.05, 4.69) is 17.2 Å². The van der Waals surface area contributed by atoms with E-state index < -0.39 is 0 Å². The van der Waals surface area contributed by atoms with Crippen LogP contribution in [0.25, 0.3) is 0 Å². The zero-order valence-electron chi connectivity index (χ0n) is 13.4. The summed E-state index contributed by atoms with van der Waals surface area (Å²) in [6, 6.07) is 9.90. The smallest absolute Gasteiger partial charge is 0.119 e. The van der Waals surface area contributed by atoms with Crippen LogP contribution >= 0.6 is 0 Å². The maximum atomic E-state index is 5.77. The summed E-state index contributed by atoms with van der Waals surface area (Å²) in [4.78, 5) is 0. The highest BCUT2D eigenvalue weighted by molar-refractivity contribution is 5.20. The monoisotopic (exact) mass is 302 g/mol. The molecule has 5 heteroatoms. The molecule has 2 rings (SSSR count). The molecule has 0 saturated carbocycles. The highest BCUT2D eigenvalue weighted by Crippen LogP contribution is 2.12. The third kappa shape index (κ3) is 4.84. The Morgan fingerprint density at radius 1 is 1.14 bits per heavy atom. The Kier molecular flexibility index (Phi) is 6.90. The van der Waals surface area contributed by atoms with Crippen molar-refractivity contribution in [2.24, 2.45) is 5.73 Å². The fourth-order valence-corrected chi connectivity index (χ4v) is 2.44. The lowest BCUT2D eigenvalue weighted by molar-refractivity contribution is 0.309. The molecule has 1 heterocycles. The average molecular weight is 302 g/mol. The topological polar surface area (TPSA) is 66.0 Å². The minimum atomic E-state index is 0.447. The van der Waals surface area contributed by atoms with Crippen LogP contribution in [0.3, 0.4) is 0 Å².